The quantitative estimate of drug-likeness (QED) is 0.516. The van der Waals surface area contributed by atoms with Crippen molar-refractivity contribution >= 4 is 28.5 Å². The number of benzene rings is 3. The van der Waals surface area contributed by atoms with Crippen molar-refractivity contribution in [1.82, 2.24) is 0 Å². The zero-order valence-electron chi connectivity index (χ0n) is 13.5. The summed E-state index contributed by atoms with van der Waals surface area (Å²) >= 11 is 1.59. The van der Waals surface area contributed by atoms with Gasteiger partial charge in [0.1, 0.15) is 0 Å². The van der Waals surface area contributed by atoms with E-state index in [1.165, 1.54) is 38.6 Å². The van der Waals surface area contributed by atoms with E-state index >= 15 is 0 Å². The van der Waals surface area contributed by atoms with Crippen LogP contribution in [0.25, 0.3) is 28.5 Å². The van der Waals surface area contributed by atoms with Crippen molar-refractivity contribution in [1.29, 1.82) is 0 Å². The van der Waals surface area contributed by atoms with Crippen LogP contribution in [0.3, 0.4) is 0 Å². The monoisotopic (exact) mass is 439 g/mol. The average Bonchev–Trinajstić information content (AvgIpc) is 3.09. The molecule has 0 heterocycles. The molecule has 0 amide bonds. The van der Waals surface area contributed by atoms with Gasteiger partial charge in [-0.1, -0.05) is 0 Å². The van der Waals surface area contributed by atoms with Crippen LogP contribution >= 0.6 is 0 Å². The molecule has 0 fully saturated rings. The van der Waals surface area contributed by atoms with E-state index in [0.717, 1.165) is 6.42 Å². The van der Waals surface area contributed by atoms with E-state index < -0.39 is 0 Å². The van der Waals surface area contributed by atoms with Crippen LogP contribution in [-0.2, 0) is 24.7 Å². The molecule has 3 heteroatoms. The van der Waals surface area contributed by atoms with Crippen LogP contribution in [0, 0.1) is 0 Å². The Labute approximate surface area is 175 Å². The van der Waals surface area contributed by atoms with Crippen molar-refractivity contribution in [3.05, 3.63) is 88.5 Å². The van der Waals surface area contributed by atoms with Gasteiger partial charge in [0, 0.05) is 0 Å². The molecule has 25 heavy (non-hydrogen) atoms. The predicted molar refractivity (Wildman–Crippen MR) is 93.6 cm³/mol. The Morgan fingerprint density at radius 3 is 2.28 bits per heavy atom. The Bertz CT molecular complexity index is 1010. The summed E-state index contributed by atoms with van der Waals surface area (Å²) in [5.41, 5.74) is 8.78. The third-order valence-electron chi connectivity index (χ3n) is 5.03. The van der Waals surface area contributed by atoms with Crippen molar-refractivity contribution in [3.63, 3.8) is 0 Å². The zero-order valence-corrected chi connectivity index (χ0v) is 17.4. The maximum absolute atomic E-state index is 2.42. The summed E-state index contributed by atoms with van der Waals surface area (Å²) in [4.78, 5) is 0. The van der Waals surface area contributed by atoms with E-state index in [1.807, 2.05) is 0 Å². The second-order valence-corrected chi connectivity index (χ2v) is 7.80. The van der Waals surface area contributed by atoms with Crippen molar-refractivity contribution in [2.45, 2.75) is 10.0 Å². The number of rotatable bonds is 2. The second-order valence-electron chi connectivity index (χ2n) is 6.38. The van der Waals surface area contributed by atoms with Crippen molar-refractivity contribution in [2.24, 2.45) is 0 Å². The summed E-state index contributed by atoms with van der Waals surface area (Å²) in [5.74, 6) is 0. The summed E-state index contributed by atoms with van der Waals surface area (Å²) in [6.07, 6.45) is 5.88. The Balaban J connectivity index is 0.000000911. The molecule has 2 aliphatic rings. The molecule has 1 atom stereocenters. The van der Waals surface area contributed by atoms with Gasteiger partial charge in [-0.05, 0) is 0 Å². The average molecular weight is 441 g/mol. The van der Waals surface area contributed by atoms with Crippen LogP contribution < -0.4 is 24.8 Å². The fourth-order valence-electron chi connectivity index (χ4n) is 3.93. The number of hydrogen-bond donors (Lipinski definition) is 0. The first-order valence-corrected chi connectivity index (χ1v) is 9.46. The zero-order chi connectivity index (χ0) is 15.4. The van der Waals surface area contributed by atoms with Crippen LogP contribution in [-0.4, -0.2) is 0 Å². The van der Waals surface area contributed by atoms with Crippen LogP contribution in [0.2, 0.25) is 0 Å². The maximum atomic E-state index is 2.42. The standard InChI is InChI=1S/C22H15.2ClH.Zr/c1-2-6-18-12-15(11-17(18)5-1)13-20-14-19-9-3-7-16-8-4-10-21(20)22(16)19;;;/h1-12,14H,13H2;2*1H;/q;;;+2/p-2. The SMILES string of the molecule is [Cl-].[Cl-].[Zr+2][CH]1C(CC2=Cc3cccc4cccc2c34)=Cc2ccccc21. The molecule has 1 unspecified atom stereocenters. The Kier molecular flexibility index (Phi) is 5.40. The molecule has 0 aromatic heterocycles. The molecule has 0 spiro atoms. The van der Waals surface area contributed by atoms with Gasteiger partial charge in [0.2, 0.25) is 0 Å². The normalized spacial score (nSPS) is 16.6. The van der Waals surface area contributed by atoms with Crippen molar-refractivity contribution in [2.75, 3.05) is 0 Å². The number of allylic oxidation sites excluding steroid dienone is 2. The van der Waals surface area contributed by atoms with Crippen LogP contribution in [0.4, 0.5) is 0 Å². The Morgan fingerprint density at radius 1 is 0.760 bits per heavy atom. The molecule has 0 nitrogen and oxygen atoms in total. The number of fused-ring (bicyclic) bond motifs is 1. The van der Waals surface area contributed by atoms with Crippen LogP contribution in [0.15, 0.2) is 66.2 Å². The summed E-state index contributed by atoms with van der Waals surface area (Å²) in [5, 5.41) is 2.79. The van der Waals surface area contributed by atoms with Gasteiger partial charge in [-0.25, -0.2) is 0 Å². The molecule has 0 radical (unpaired) electrons. The molecule has 0 saturated heterocycles. The fraction of sp³-hybridized carbons (Fsp3) is 0.0909. The third kappa shape index (κ3) is 2.97. The fourth-order valence-corrected chi connectivity index (χ4v) is 5.03. The van der Waals surface area contributed by atoms with Gasteiger partial charge in [-0.15, -0.1) is 0 Å². The molecule has 121 valence electrons. The first-order chi connectivity index (χ1) is 11.3. The van der Waals surface area contributed by atoms with Gasteiger partial charge >= 0.3 is 152 Å². The molecular formula is C22H15Cl2Zr. The van der Waals surface area contributed by atoms with Crippen molar-refractivity contribution in [3.8, 4) is 0 Å². The summed E-state index contributed by atoms with van der Waals surface area (Å²) < 4.78 is 0.613. The number of hydrogen-bond acceptors (Lipinski definition) is 0. The molecule has 2 aliphatic carbocycles. The summed E-state index contributed by atoms with van der Waals surface area (Å²) in [6.45, 7) is 0. The molecule has 0 N–H and O–H groups in total. The van der Waals surface area contributed by atoms with Gasteiger partial charge in [-0.2, -0.15) is 0 Å². The first kappa shape index (κ1) is 18.6. The third-order valence-corrected chi connectivity index (χ3v) is 6.70. The molecule has 5 rings (SSSR count). The van der Waals surface area contributed by atoms with Gasteiger partial charge in [0.25, 0.3) is 0 Å². The second kappa shape index (κ2) is 7.24. The topological polar surface area (TPSA) is 0 Å². The molecule has 3 aromatic rings. The summed E-state index contributed by atoms with van der Waals surface area (Å²) in [7, 11) is 0. The van der Waals surface area contributed by atoms with Gasteiger partial charge < -0.3 is 24.8 Å². The predicted octanol–water partition coefficient (Wildman–Crippen LogP) is -0.223. The first-order valence-electron chi connectivity index (χ1n) is 8.04. The van der Waals surface area contributed by atoms with Gasteiger partial charge in [0.15, 0.2) is 0 Å². The van der Waals surface area contributed by atoms with E-state index in [1.54, 1.807) is 30.3 Å². The van der Waals surface area contributed by atoms with E-state index in [2.05, 4.69) is 72.8 Å². The minimum atomic E-state index is 0. The van der Waals surface area contributed by atoms with Crippen LogP contribution in [0.5, 0.6) is 0 Å². The van der Waals surface area contributed by atoms with E-state index in [0.29, 0.717) is 3.63 Å². The van der Waals surface area contributed by atoms with Crippen LogP contribution in [0.1, 0.15) is 32.3 Å². The van der Waals surface area contributed by atoms with E-state index in [-0.39, 0.29) is 24.8 Å². The molecule has 0 saturated carbocycles. The molecule has 3 aromatic carbocycles. The minimum absolute atomic E-state index is 0. The summed E-state index contributed by atoms with van der Waals surface area (Å²) in [6, 6.07) is 22.2. The Morgan fingerprint density at radius 2 is 1.48 bits per heavy atom. The number of halogens is 2. The van der Waals surface area contributed by atoms with Gasteiger partial charge in [0.05, 0.1) is 0 Å². The van der Waals surface area contributed by atoms with Crippen molar-refractivity contribution < 1.29 is 49.5 Å². The van der Waals surface area contributed by atoms with Gasteiger partial charge in [-0.3, -0.25) is 0 Å². The molecule has 0 bridgehead atoms. The molecular weight excluding hydrogens is 426 g/mol. The van der Waals surface area contributed by atoms with E-state index in [4.69, 9.17) is 0 Å². The van der Waals surface area contributed by atoms with E-state index in [9.17, 15) is 0 Å². The Hall–Kier alpha value is -1.14. The molecule has 0 aliphatic heterocycles.